The Kier molecular flexibility index (Phi) is 3.33. The summed E-state index contributed by atoms with van der Waals surface area (Å²) in [5.41, 5.74) is 7.08. The van der Waals surface area contributed by atoms with Gasteiger partial charge in [0.25, 0.3) is 10.0 Å². The van der Waals surface area contributed by atoms with Crippen LogP contribution in [0, 0.1) is 13.8 Å². The molecule has 0 aromatic carbocycles. The average molecular weight is 284 g/mol. The highest BCUT2D eigenvalue weighted by atomic mass is 32.2. The molecule has 0 spiro atoms. The zero-order valence-corrected chi connectivity index (χ0v) is 11.7. The lowest BCUT2D eigenvalue weighted by molar-refractivity contribution is 0.599. The van der Waals surface area contributed by atoms with E-state index in [-0.39, 0.29) is 17.3 Å². The molecule has 0 aliphatic heterocycles. The second kappa shape index (κ2) is 4.67. The number of nitrogens with two attached hydrogens (primary N) is 1. The van der Waals surface area contributed by atoms with Gasteiger partial charge in [0, 0.05) is 25.4 Å². The third-order valence-electron chi connectivity index (χ3n) is 2.68. The summed E-state index contributed by atoms with van der Waals surface area (Å²) in [4.78, 5) is 0.140. The first kappa shape index (κ1) is 13.6. The van der Waals surface area contributed by atoms with E-state index in [0.717, 1.165) is 0 Å². The fourth-order valence-electron chi connectivity index (χ4n) is 1.89. The molecule has 4 N–H and O–H groups in total. The number of aryl methyl sites for hydroxylation is 3. The Labute approximate surface area is 111 Å². The van der Waals surface area contributed by atoms with Crippen molar-refractivity contribution in [2.45, 2.75) is 25.3 Å². The van der Waals surface area contributed by atoms with Crippen LogP contribution in [-0.2, 0) is 23.6 Å². The van der Waals surface area contributed by atoms with Crippen molar-refractivity contribution >= 4 is 15.8 Å². The Morgan fingerprint density at radius 2 is 2.16 bits per heavy atom. The number of sulfonamides is 1. The summed E-state index contributed by atoms with van der Waals surface area (Å²) in [6.45, 7) is 3.48. The van der Waals surface area contributed by atoms with Gasteiger partial charge in [-0.3, -0.25) is 14.5 Å². The van der Waals surface area contributed by atoms with Gasteiger partial charge in [0.05, 0.1) is 11.4 Å². The predicted octanol–water partition coefficient (Wildman–Crippen LogP) is 0.0195. The normalized spacial score (nSPS) is 11.8. The van der Waals surface area contributed by atoms with Gasteiger partial charge < -0.3 is 5.73 Å². The van der Waals surface area contributed by atoms with Gasteiger partial charge in [-0.2, -0.15) is 10.2 Å². The number of hydrogen-bond acceptors (Lipinski definition) is 5. The van der Waals surface area contributed by atoms with Crippen molar-refractivity contribution in [3.8, 4) is 0 Å². The molecule has 2 aromatic rings. The Morgan fingerprint density at radius 3 is 2.68 bits per heavy atom. The van der Waals surface area contributed by atoms with Crippen LogP contribution < -0.4 is 10.5 Å². The zero-order valence-electron chi connectivity index (χ0n) is 10.9. The molecular formula is C10H16N6O2S. The maximum absolute atomic E-state index is 12.3. The Balaban J connectivity index is 2.42. The van der Waals surface area contributed by atoms with Crippen LogP contribution in [0.25, 0.3) is 0 Å². The van der Waals surface area contributed by atoms with Crippen LogP contribution in [0.2, 0.25) is 0 Å². The van der Waals surface area contributed by atoms with Crippen molar-refractivity contribution in [1.82, 2.24) is 20.0 Å². The first-order chi connectivity index (χ1) is 8.85. The molecule has 9 heteroatoms. The van der Waals surface area contributed by atoms with Gasteiger partial charge in [0.15, 0.2) is 5.82 Å². The molecule has 0 radical (unpaired) electrons. The second-order valence-electron chi connectivity index (χ2n) is 4.25. The monoisotopic (exact) mass is 284 g/mol. The van der Waals surface area contributed by atoms with E-state index in [1.54, 1.807) is 27.1 Å². The van der Waals surface area contributed by atoms with Crippen molar-refractivity contribution in [2.75, 3.05) is 4.72 Å². The van der Waals surface area contributed by atoms with Crippen LogP contribution in [0.15, 0.2) is 11.1 Å². The number of nitrogens with one attached hydrogen (secondary N) is 2. The van der Waals surface area contributed by atoms with E-state index in [1.807, 2.05) is 0 Å². The van der Waals surface area contributed by atoms with Crippen LogP contribution in [-0.4, -0.2) is 28.4 Å². The van der Waals surface area contributed by atoms with Crippen molar-refractivity contribution in [1.29, 1.82) is 0 Å². The molecular weight excluding hydrogens is 268 g/mol. The van der Waals surface area contributed by atoms with E-state index in [1.165, 1.54) is 4.68 Å². The summed E-state index contributed by atoms with van der Waals surface area (Å²) in [6.07, 6.45) is 1.67. The van der Waals surface area contributed by atoms with Gasteiger partial charge in [0.2, 0.25) is 0 Å². The molecule has 2 heterocycles. The highest BCUT2D eigenvalue weighted by molar-refractivity contribution is 7.92. The van der Waals surface area contributed by atoms with Gasteiger partial charge >= 0.3 is 0 Å². The molecule has 19 heavy (non-hydrogen) atoms. The highest BCUT2D eigenvalue weighted by Gasteiger charge is 2.24. The molecule has 0 bridgehead atoms. The number of anilines is 1. The number of aromatic nitrogens is 4. The first-order valence-electron chi connectivity index (χ1n) is 5.62. The Morgan fingerprint density at radius 1 is 1.47 bits per heavy atom. The van der Waals surface area contributed by atoms with Gasteiger partial charge in [-0.25, -0.2) is 8.42 Å². The largest absolute Gasteiger partial charge is 0.326 e. The van der Waals surface area contributed by atoms with Crippen LogP contribution >= 0.6 is 0 Å². The van der Waals surface area contributed by atoms with Crippen molar-refractivity contribution in [2.24, 2.45) is 12.8 Å². The number of rotatable bonds is 4. The molecule has 8 nitrogen and oxygen atoms in total. The summed E-state index contributed by atoms with van der Waals surface area (Å²) in [5, 5.41) is 10.6. The minimum absolute atomic E-state index is 0.140. The standard InChI is InChI=1S/C10H16N6O2S/c1-6-9(7(2)13-12-6)19(17,18)15-10-8(4-11)5-16(3)14-10/h5H,4,11H2,1-3H3,(H,12,13)(H,14,15). The number of H-pyrrole nitrogens is 1. The molecule has 2 aromatic heterocycles. The summed E-state index contributed by atoms with van der Waals surface area (Å²) < 4.78 is 28.6. The van der Waals surface area contributed by atoms with E-state index in [4.69, 9.17) is 5.73 Å². The number of aromatic amines is 1. The van der Waals surface area contributed by atoms with Crippen molar-refractivity contribution in [3.05, 3.63) is 23.1 Å². The third-order valence-corrected chi connectivity index (χ3v) is 4.29. The molecule has 0 fully saturated rings. The van der Waals surface area contributed by atoms with Crippen LogP contribution in [0.5, 0.6) is 0 Å². The minimum atomic E-state index is -3.73. The molecule has 104 valence electrons. The van der Waals surface area contributed by atoms with E-state index < -0.39 is 10.0 Å². The zero-order chi connectivity index (χ0) is 14.2. The fourth-order valence-corrected chi connectivity index (χ4v) is 3.30. The van der Waals surface area contributed by atoms with E-state index in [2.05, 4.69) is 20.0 Å². The SMILES string of the molecule is Cc1n[nH]c(C)c1S(=O)(=O)Nc1nn(C)cc1CN. The lowest BCUT2D eigenvalue weighted by atomic mass is 10.3. The Bertz CT molecular complexity index is 680. The van der Waals surface area contributed by atoms with E-state index >= 15 is 0 Å². The highest BCUT2D eigenvalue weighted by Crippen LogP contribution is 2.21. The average Bonchev–Trinajstić information content (AvgIpc) is 2.81. The molecule has 2 rings (SSSR count). The van der Waals surface area contributed by atoms with Gasteiger partial charge in [-0.05, 0) is 13.8 Å². The van der Waals surface area contributed by atoms with Crippen molar-refractivity contribution in [3.63, 3.8) is 0 Å². The van der Waals surface area contributed by atoms with Crippen LogP contribution in [0.1, 0.15) is 17.0 Å². The Hall–Kier alpha value is -1.87. The quantitative estimate of drug-likeness (QED) is 0.731. The topological polar surface area (TPSA) is 119 Å². The van der Waals surface area contributed by atoms with Gasteiger partial charge in [-0.1, -0.05) is 0 Å². The summed E-state index contributed by atoms with van der Waals surface area (Å²) in [7, 11) is -2.03. The first-order valence-corrected chi connectivity index (χ1v) is 7.10. The minimum Gasteiger partial charge on any atom is -0.326 e. The van der Waals surface area contributed by atoms with E-state index in [9.17, 15) is 8.42 Å². The lowest BCUT2D eigenvalue weighted by Crippen LogP contribution is -2.16. The van der Waals surface area contributed by atoms with E-state index in [0.29, 0.717) is 17.0 Å². The maximum atomic E-state index is 12.3. The smallest absolute Gasteiger partial charge is 0.266 e. The summed E-state index contributed by atoms with van der Waals surface area (Å²) in [6, 6.07) is 0. The molecule has 0 saturated heterocycles. The summed E-state index contributed by atoms with van der Waals surface area (Å²) in [5.74, 6) is 0.241. The molecule has 0 atom stereocenters. The second-order valence-corrected chi connectivity index (χ2v) is 5.87. The van der Waals surface area contributed by atoms with Gasteiger partial charge in [-0.15, -0.1) is 0 Å². The lowest BCUT2D eigenvalue weighted by Gasteiger charge is -2.06. The molecule has 0 unspecified atom stereocenters. The van der Waals surface area contributed by atoms with Crippen LogP contribution in [0.3, 0.4) is 0 Å². The number of nitrogens with zero attached hydrogens (tertiary/aromatic N) is 3. The number of hydrogen-bond donors (Lipinski definition) is 3. The van der Waals surface area contributed by atoms with Crippen molar-refractivity contribution < 1.29 is 8.42 Å². The molecule has 0 amide bonds. The van der Waals surface area contributed by atoms with Gasteiger partial charge in [0.1, 0.15) is 4.90 Å². The molecule has 0 aliphatic rings. The molecule has 0 aliphatic carbocycles. The molecule has 0 saturated carbocycles. The maximum Gasteiger partial charge on any atom is 0.266 e. The summed E-state index contributed by atoms with van der Waals surface area (Å²) >= 11 is 0. The fraction of sp³-hybridized carbons (Fsp3) is 0.400. The third kappa shape index (κ3) is 2.47. The predicted molar refractivity (Wildman–Crippen MR) is 70.0 cm³/mol. The van der Waals surface area contributed by atoms with Crippen LogP contribution in [0.4, 0.5) is 5.82 Å².